The predicted octanol–water partition coefficient (Wildman–Crippen LogP) is 1.54. The monoisotopic (exact) mass is 333 g/mol. The summed E-state index contributed by atoms with van der Waals surface area (Å²) in [5.41, 5.74) is 1.91. The smallest absolute Gasteiger partial charge is 0.290 e. The number of carbonyl (C=O) groups is 1. The highest BCUT2D eigenvalue weighted by Crippen LogP contribution is 2.29. The Morgan fingerprint density at radius 1 is 1.29 bits per heavy atom. The van der Waals surface area contributed by atoms with Gasteiger partial charge in [-0.05, 0) is 61.8 Å². The number of nitrogens with zero attached hydrogens (tertiary/aromatic N) is 5. The number of aliphatic hydroxyl groups excluding tert-OH is 1. The van der Waals surface area contributed by atoms with Crippen LogP contribution in [-0.2, 0) is 11.3 Å². The fourth-order valence-corrected chi connectivity index (χ4v) is 2.95. The van der Waals surface area contributed by atoms with Gasteiger partial charge in [0.1, 0.15) is 0 Å². The van der Waals surface area contributed by atoms with E-state index in [1.54, 1.807) is 11.0 Å². The van der Waals surface area contributed by atoms with E-state index < -0.39 is 0 Å². The van der Waals surface area contributed by atoms with Crippen LogP contribution in [0, 0.1) is 18.8 Å². The first-order valence-electron chi connectivity index (χ1n) is 8.05. The van der Waals surface area contributed by atoms with Gasteiger partial charge in [0.2, 0.25) is 5.82 Å². The zero-order chi connectivity index (χ0) is 17.4. The predicted molar refractivity (Wildman–Crippen MR) is 87.0 cm³/mol. The molecule has 8 nitrogen and oxygen atoms in total. The number of pyridine rings is 1. The maximum absolute atomic E-state index is 9.17. The second-order valence-corrected chi connectivity index (χ2v) is 6.03. The highest BCUT2D eigenvalue weighted by Gasteiger charge is 2.21. The Morgan fingerprint density at radius 2 is 1.96 bits per heavy atom. The van der Waals surface area contributed by atoms with E-state index >= 15 is 0 Å². The Labute approximate surface area is 140 Å². The number of hydrogen-bond donors (Lipinski definition) is 2. The van der Waals surface area contributed by atoms with Crippen LogP contribution in [0.1, 0.15) is 31.4 Å². The molecule has 0 radical (unpaired) electrons. The lowest BCUT2D eigenvalue weighted by atomic mass is 9.82. The Morgan fingerprint density at radius 3 is 2.58 bits per heavy atom. The van der Waals surface area contributed by atoms with Gasteiger partial charge in [0, 0.05) is 24.1 Å². The van der Waals surface area contributed by atoms with Crippen molar-refractivity contribution >= 4 is 6.47 Å². The van der Waals surface area contributed by atoms with E-state index in [0.29, 0.717) is 24.3 Å². The minimum absolute atomic E-state index is 0.250. The van der Waals surface area contributed by atoms with Crippen LogP contribution >= 0.6 is 0 Å². The van der Waals surface area contributed by atoms with Gasteiger partial charge in [-0.3, -0.25) is 9.78 Å². The molecule has 8 heteroatoms. The van der Waals surface area contributed by atoms with Crippen LogP contribution in [0.25, 0.3) is 11.4 Å². The van der Waals surface area contributed by atoms with E-state index in [4.69, 9.17) is 9.90 Å². The first-order chi connectivity index (χ1) is 11.7. The van der Waals surface area contributed by atoms with E-state index in [0.717, 1.165) is 43.5 Å². The molecule has 0 spiro atoms. The molecule has 1 aliphatic carbocycles. The van der Waals surface area contributed by atoms with Crippen LogP contribution in [0.5, 0.6) is 0 Å². The summed E-state index contributed by atoms with van der Waals surface area (Å²) in [6, 6.07) is 3.87. The van der Waals surface area contributed by atoms with Crippen molar-refractivity contribution in [2.45, 2.75) is 39.2 Å². The molecule has 130 valence electrons. The van der Waals surface area contributed by atoms with Gasteiger partial charge < -0.3 is 10.2 Å². The molecule has 24 heavy (non-hydrogen) atoms. The Hall–Kier alpha value is -2.35. The Kier molecular flexibility index (Phi) is 6.80. The van der Waals surface area contributed by atoms with E-state index in [2.05, 4.69) is 20.4 Å². The molecule has 0 saturated heterocycles. The molecule has 2 N–H and O–H groups in total. The van der Waals surface area contributed by atoms with Crippen LogP contribution in [0.2, 0.25) is 0 Å². The van der Waals surface area contributed by atoms with Crippen molar-refractivity contribution in [3.8, 4) is 11.4 Å². The third-order valence-corrected chi connectivity index (χ3v) is 4.25. The molecular formula is C16H23N5O3. The molecule has 0 bridgehead atoms. The van der Waals surface area contributed by atoms with Crippen molar-refractivity contribution in [2.75, 3.05) is 6.61 Å². The number of carboxylic acid groups (broad SMARTS) is 1. The van der Waals surface area contributed by atoms with Crippen LogP contribution in [0.3, 0.4) is 0 Å². The average Bonchev–Trinajstić information content (AvgIpc) is 3.05. The van der Waals surface area contributed by atoms with Gasteiger partial charge in [0.15, 0.2) is 0 Å². The molecule has 1 saturated carbocycles. The summed E-state index contributed by atoms with van der Waals surface area (Å²) in [5, 5.41) is 28.8. The van der Waals surface area contributed by atoms with Crippen molar-refractivity contribution < 1.29 is 15.0 Å². The van der Waals surface area contributed by atoms with Crippen molar-refractivity contribution in [3.05, 3.63) is 24.0 Å². The van der Waals surface area contributed by atoms with E-state index in [1.165, 1.54) is 0 Å². The van der Waals surface area contributed by atoms with Crippen molar-refractivity contribution in [1.29, 1.82) is 0 Å². The summed E-state index contributed by atoms with van der Waals surface area (Å²) in [5.74, 6) is 1.74. The van der Waals surface area contributed by atoms with Crippen molar-refractivity contribution in [2.24, 2.45) is 11.8 Å². The fourth-order valence-electron chi connectivity index (χ4n) is 2.95. The van der Waals surface area contributed by atoms with Gasteiger partial charge in [-0.1, -0.05) is 0 Å². The first kappa shape index (κ1) is 18.0. The third kappa shape index (κ3) is 5.09. The lowest BCUT2D eigenvalue weighted by molar-refractivity contribution is -0.122. The molecule has 2 aromatic heterocycles. The molecule has 0 amide bonds. The number of aliphatic hydroxyl groups is 1. The van der Waals surface area contributed by atoms with Gasteiger partial charge in [-0.25, -0.2) is 0 Å². The number of aryl methyl sites for hydroxylation is 1. The summed E-state index contributed by atoms with van der Waals surface area (Å²) < 4.78 is 0. The van der Waals surface area contributed by atoms with E-state index in [1.807, 2.05) is 19.1 Å². The number of rotatable bonds is 4. The first-order valence-corrected chi connectivity index (χ1v) is 8.05. The van der Waals surface area contributed by atoms with Crippen LogP contribution in [0.4, 0.5) is 0 Å². The molecule has 0 unspecified atom stereocenters. The fraction of sp³-hybridized carbons (Fsp3) is 0.562. The Bertz CT molecular complexity index is 638. The summed E-state index contributed by atoms with van der Waals surface area (Å²) in [6.45, 7) is 2.84. The molecule has 1 aliphatic rings. The van der Waals surface area contributed by atoms with Crippen LogP contribution in [-0.4, -0.2) is 48.5 Å². The Balaban J connectivity index is 0.000000647. The zero-order valence-electron chi connectivity index (χ0n) is 13.7. The van der Waals surface area contributed by atoms with Crippen molar-refractivity contribution in [1.82, 2.24) is 25.2 Å². The zero-order valence-corrected chi connectivity index (χ0v) is 13.7. The standard InChI is InChI=1S/C15H21N5O.CH2O2/c1-11-8-14(6-7-16-11)15-17-19-20(18-15)9-12-2-4-13(10-21)5-3-12;2-1-3/h6-8,12-13,21H,2-5,9-10H2,1H3;1H,(H,2,3). The maximum atomic E-state index is 9.17. The van der Waals surface area contributed by atoms with E-state index in [9.17, 15) is 5.11 Å². The second kappa shape index (κ2) is 9.07. The molecule has 1 fully saturated rings. The molecule has 0 aromatic carbocycles. The summed E-state index contributed by atoms with van der Waals surface area (Å²) in [4.78, 5) is 14.2. The van der Waals surface area contributed by atoms with Crippen LogP contribution in [0.15, 0.2) is 18.3 Å². The third-order valence-electron chi connectivity index (χ3n) is 4.25. The number of hydrogen-bond acceptors (Lipinski definition) is 6. The van der Waals surface area contributed by atoms with E-state index in [-0.39, 0.29) is 6.47 Å². The number of aromatic nitrogens is 5. The summed E-state index contributed by atoms with van der Waals surface area (Å²) in [6.07, 6.45) is 6.24. The van der Waals surface area contributed by atoms with Gasteiger partial charge >= 0.3 is 0 Å². The maximum Gasteiger partial charge on any atom is 0.290 e. The van der Waals surface area contributed by atoms with Crippen molar-refractivity contribution in [3.63, 3.8) is 0 Å². The topological polar surface area (TPSA) is 114 Å². The lowest BCUT2D eigenvalue weighted by Crippen LogP contribution is -2.21. The SMILES string of the molecule is Cc1cc(-c2nnn(CC3CCC(CO)CC3)n2)ccn1.O=CO. The molecule has 3 rings (SSSR count). The summed E-state index contributed by atoms with van der Waals surface area (Å²) in [7, 11) is 0. The average molecular weight is 333 g/mol. The molecule has 2 heterocycles. The highest BCUT2D eigenvalue weighted by atomic mass is 16.3. The molecule has 0 aliphatic heterocycles. The van der Waals surface area contributed by atoms with Gasteiger partial charge in [0.05, 0.1) is 6.54 Å². The van der Waals surface area contributed by atoms with Gasteiger partial charge in [-0.2, -0.15) is 4.80 Å². The van der Waals surface area contributed by atoms with Gasteiger partial charge in [-0.15, -0.1) is 10.2 Å². The van der Waals surface area contributed by atoms with Crippen LogP contribution < -0.4 is 0 Å². The minimum atomic E-state index is -0.250. The minimum Gasteiger partial charge on any atom is -0.483 e. The highest BCUT2D eigenvalue weighted by molar-refractivity contribution is 5.53. The molecule has 2 aromatic rings. The second-order valence-electron chi connectivity index (χ2n) is 6.03. The van der Waals surface area contributed by atoms with Gasteiger partial charge in [0.25, 0.3) is 6.47 Å². The molecular weight excluding hydrogens is 310 g/mol. The normalized spacial score (nSPS) is 20.1. The molecule has 0 atom stereocenters. The number of tetrazole rings is 1. The largest absolute Gasteiger partial charge is 0.483 e. The summed E-state index contributed by atoms with van der Waals surface area (Å²) >= 11 is 0. The lowest BCUT2D eigenvalue weighted by Gasteiger charge is -2.26. The quantitative estimate of drug-likeness (QED) is 0.816.